The molecule has 16 heavy (non-hydrogen) atoms. The van der Waals surface area contributed by atoms with E-state index in [1.807, 2.05) is 6.92 Å². The van der Waals surface area contributed by atoms with Crippen molar-refractivity contribution in [2.75, 3.05) is 0 Å². The predicted octanol–water partition coefficient (Wildman–Crippen LogP) is 2.49. The van der Waals surface area contributed by atoms with Crippen LogP contribution in [0, 0.1) is 6.92 Å². The third-order valence-corrected chi connectivity index (χ3v) is 4.67. The van der Waals surface area contributed by atoms with E-state index in [0.717, 1.165) is 5.56 Å². The van der Waals surface area contributed by atoms with Crippen LogP contribution < -0.4 is 10.4 Å². The topological polar surface area (TPSA) is 0 Å². The largest absolute Gasteiger partial charge is 0.487 e. The van der Waals surface area contributed by atoms with Crippen LogP contribution in [0.2, 0.25) is 0 Å². The van der Waals surface area contributed by atoms with E-state index >= 15 is 0 Å². The minimum atomic E-state index is -4.48. The van der Waals surface area contributed by atoms with Gasteiger partial charge in [0.05, 0.1) is 0 Å². The highest BCUT2D eigenvalue weighted by atomic mass is 28.4. The summed E-state index contributed by atoms with van der Waals surface area (Å²) in [6.45, 7) is 1.89. The molecule has 2 rings (SSSR count). The maximum atomic E-state index is 14.2. The molecule has 0 spiro atoms. The molecule has 0 nitrogen and oxygen atoms in total. The van der Waals surface area contributed by atoms with Crippen LogP contribution in [0.5, 0.6) is 0 Å². The Kier molecular flexibility index (Phi) is 2.88. The van der Waals surface area contributed by atoms with Crippen LogP contribution in [-0.2, 0) is 0 Å². The van der Waals surface area contributed by atoms with E-state index in [9.17, 15) is 8.22 Å². The van der Waals surface area contributed by atoms with Crippen LogP contribution in [0.25, 0.3) is 0 Å². The Morgan fingerprint density at radius 3 is 1.81 bits per heavy atom. The summed E-state index contributed by atoms with van der Waals surface area (Å²) in [7, 11) is -4.48. The summed E-state index contributed by atoms with van der Waals surface area (Å²) in [5.74, 6) is 0. The number of halogens is 2. The fourth-order valence-corrected chi connectivity index (χ4v) is 3.11. The molecule has 3 heteroatoms. The number of hydrogen-bond acceptors (Lipinski definition) is 0. The van der Waals surface area contributed by atoms with E-state index in [1.165, 1.54) is 24.3 Å². The third-order valence-electron chi connectivity index (χ3n) is 2.55. The maximum absolute atomic E-state index is 14.2. The van der Waals surface area contributed by atoms with Gasteiger partial charge < -0.3 is 0 Å². The molecule has 0 fully saturated rings. The van der Waals surface area contributed by atoms with Crippen molar-refractivity contribution < 1.29 is 8.22 Å². The molecule has 0 aliphatic carbocycles. The number of aryl methyl sites for hydroxylation is 1. The summed E-state index contributed by atoms with van der Waals surface area (Å²) in [4.78, 5) is 0. The first-order valence-electron chi connectivity index (χ1n) is 5.11. The third kappa shape index (κ3) is 2.04. The van der Waals surface area contributed by atoms with E-state index < -0.39 is 8.74 Å². The van der Waals surface area contributed by atoms with Gasteiger partial charge in [-0.3, -0.25) is 8.22 Å². The summed E-state index contributed by atoms with van der Waals surface area (Å²) in [5, 5.41) is 0.336. The van der Waals surface area contributed by atoms with Crippen LogP contribution >= 0.6 is 0 Å². The average Bonchev–Trinajstić information content (AvgIpc) is 2.31. The summed E-state index contributed by atoms with van der Waals surface area (Å²) >= 11 is 0. The zero-order valence-corrected chi connectivity index (χ0v) is 9.95. The lowest BCUT2D eigenvalue weighted by Crippen LogP contribution is -2.50. The quantitative estimate of drug-likeness (QED) is 0.553. The van der Waals surface area contributed by atoms with E-state index in [1.54, 1.807) is 30.3 Å². The van der Waals surface area contributed by atoms with Gasteiger partial charge in [0.1, 0.15) is 0 Å². The van der Waals surface area contributed by atoms with Gasteiger partial charge in [-0.1, -0.05) is 60.2 Å². The smallest absolute Gasteiger partial charge is 0.260 e. The zero-order chi connectivity index (χ0) is 11.6. The monoisotopic (exact) mass is 234 g/mol. The van der Waals surface area contributed by atoms with Crippen LogP contribution in [0.3, 0.4) is 0 Å². The molecule has 0 heterocycles. The molecular weight excluding hydrogens is 222 g/mol. The lowest BCUT2D eigenvalue weighted by molar-refractivity contribution is 0.654. The summed E-state index contributed by atoms with van der Waals surface area (Å²) in [6.07, 6.45) is 0. The van der Waals surface area contributed by atoms with Crippen molar-refractivity contribution in [1.29, 1.82) is 0 Å². The van der Waals surface area contributed by atoms with Crippen LogP contribution in [0.4, 0.5) is 8.22 Å². The highest BCUT2D eigenvalue weighted by Gasteiger charge is 2.39. The van der Waals surface area contributed by atoms with Crippen molar-refractivity contribution in [2.45, 2.75) is 6.92 Å². The molecule has 0 N–H and O–H groups in total. The Labute approximate surface area is 94.9 Å². The molecule has 2 aromatic rings. The molecule has 0 saturated carbocycles. The standard InChI is InChI=1S/C13H12F2Si/c1-11-7-9-13(10-8-11)16(14,15)12-5-3-2-4-6-12/h2-10H,1H3. The molecule has 0 bridgehead atoms. The summed E-state index contributed by atoms with van der Waals surface area (Å²) in [5.41, 5.74) is 1.00. The van der Waals surface area contributed by atoms with Crippen LogP contribution in [-0.4, -0.2) is 8.74 Å². The minimum absolute atomic E-state index is 0.166. The molecule has 0 aromatic heterocycles. The molecule has 0 unspecified atom stereocenters. The highest BCUT2D eigenvalue weighted by Crippen LogP contribution is 2.09. The summed E-state index contributed by atoms with van der Waals surface area (Å²) < 4.78 is 28.3. The Morgan fingerprint density at radius 1 is 0.750 bits per heavy atom. The molecule has 0 atom stereocenters. The van der Waals surface area contributed by atoms with Gasteiger partial charge in [-0.05, 0) is 6.92 Å². The van der Waals surface area contributed by atoms with Crippen molar-refractivity contribution >= 4 is 19.1 Å². The molecular formula is C13H12F2Si. The van der Waals surface area contributed by atoms with Crippen molar-refractivity contribution in [3.63, 3.8) is 0 Å². The first kappa shape index (κ1) is 11.0. The molecule has 82 valence electrons. The molecule has 0 aliphatic heterocycles. The Morgan fingerprint density at radius 2 is 1.25 bits per heavy atom. The van der Waals surface area contributed by atoms with E-state index in [0.29, 0.717) is 0 Å². The van der Waals surface area contributed by atoms with Crippen molar-refractivity contribution in [3.8, 4) is 0 Å². The van der Waals surface area contributed by atoms with Crippen molar-refractivity contribution in [2.24, 2.45) is 0 Å². The molecule has 0 radical (unpaired) electrons. The van der Waals surface area contributed by atoms with Gasteiger partial charge in [-0.15, -0.1) is 0 Å². The van der Waals surface area contributed by atoms with Crippen molar-refractivity contribution in [1.82, 2.24) is 0 Å². The van der Waals surface area contributed by atoms with E-state index in [2.05, 4.69) is 0 Å². The van der Waals surface area contributed by atoms with Gasteiger partial charge in [0.25, 0.3) is 0 Å². The normalized spacial score (nSPS) is 11.4. The number of benzene rings is 2. The molecule has 0 aliphatic rings. The van der Waals surface area contributed by atoms with Gasteiger partial charge in [-0.25, -0.2) is 0 Å². The first-order chi connectivity index (χ1) is 7.60. The highest BCUT2D eigenvalue weighted by molar-refractivity contribution is 6.91. The fourth-order valence-electron chi connectivity index (χ4n) is 1.58. The molecule has 0 saturated heterocycles. The van der Waals surface area contributed by atoms with E-state index in [4.69, 9.17) is 0 Å². The Hall–Kier alpha value is -1.48. The molecule has 2 aromatic carbocycles. The van der Waals surface area contributed by atoms with Crippen molar-refractivity contribution in [3.05, 3.63) is 60.2 Å². The fraction of sp³-hybridized carbons (Fsp3) is 0.0769. The summed E-state index contributed by atoms with van der Waals surface area (Å²) in [6, 6.07) is 14.6. The second-order valence-electron chi connectivity index (χ2n) is 3.81. The SMILES string of the molecule is Cc1ccc([Si](F)(F)c2ccccc2)cc1. The van der Waals surface area contributed by atoms with Gasteiger partial charge in [0.2, 0.25) is 0 Å². The van der Waals surface area contributed by atoms with E-state index in [-0.39, 0.29) is 10.4 Å². The minimum Gasteiger partial charge on any atom is -0.260 e. The van der Waals surface area contributed by atoms with Crippen LogP contribution in [0.15, 0.2) is 54.6 Å². The number of hydrogen-bond donors (Lipinski definition) is 0. The second-order valence-corrected chi connectivity index (χ2v) is 6.11. The lowest BCUT2D eigenvalue weighted by Gasteiger charge is -2.13. The average molecular weight is 234 g/mol. The Balaban J connectivity index is 2.43. The van der Waals surface area contributed by atoms with Crippen LogP contribution in [0.1, 0.15) is 5.56 Å². The second kappa shape index (κ2) is 4.18. The van der Waals surface area contributed by atoms with Gasteiger partial charge in [0, 0.05) is 10.4 Å². The lowest BCUT2D eigenvalue weighted by atomic mass is 10.2. The van der Waals surface area contributed by atoms with Gasteiger partial charge in [-0.2, -0.15) is 0 Å². The Bertz CT molecular complexity index is 463. The van der Waals surface area contributed by atoms with Gasteiger partial charge in [0.15, 0.2) is 0 Å². The molecule has 0 amide bonds. The zero-order valence-electron chi connectivity index (χ0n) is 8.95. The number of rotatable bonds is 2. The predicted molar refractivity (Wildman–Crippen MR) is 64.9 cm³/mol. The maximum Gasteiger partial charge on any atom is 0.487 e. The van der Waals surface area contributed by atoms with Gasteiger partial charge >= 0.3 is 8.74 Å². The first-order valence-corrected chi connectivity index (χ1v) is 6.87.